The van der Waals surface area contributed by atoms with E-state index in [1.54, 1.807) is 9.13 Å². The molecule has 0 saturated heterocycles. The lowest BCUT2D eigenvalue weighted by Gasteiger charge is -2.05. The lowest BCUT2D eigenvalue weighted by Crippen LogP contribution is -2.29. The molecule has 0 spiro atoms. The highest BCUT2D eigenvalue weighted by atomic mass is 16.2. The third kappa shape index (κ3) is 4.22. The molecule has 0 aliphatic rings. The molecule has 3 N–H and O–H groups in total. The Balaban J connectivity index is 2.07. The van der Waals surface area contributed by atoms with E-state index < -0.39 is 0 Å². The molecular formula is C17H26N4O2. The highest BCUT2D eigenvalue weighted by molar-refractivity contribution is 5.77. The van der Waals surface area contributed by atoms with Crippen LogP contribution in [0, 0.1) is 0 Å². The van der Waals surface area contributed by atoms with Gasteiger partial charge in [0.1, 0.15) is 0 Å². The maximum Gasteiger partial charge on any atom is 0.329 e. The van der Waals surface area contributed by atoms with E-state index >= 15 is 0 Å². The number of para-hydroxylation sites is 2. The van der Waals surface area contributed by atoms with Crippen molar-refractivity contribution in [2.24, 2.45) is 5.73 Å². The molecule has 0 unspecified atom stereocenters. The van der Waals surface area contributed by atoms with Crippen molar-refractivity contribution in [1.82, 2.24) is 14.5 Å². The number of fused-ring (bicyclic) bond motifs is 1. The number of aryl methyl sites for hydroxylation is 2. The Bertz CT molecular complexity index is 702. The second kappa shape index (κ2) is 8.53. The summed E-state index contributed by atoms with van der Waals surface area (Å²) in [4.78, 5) is 24.5. The molecule has 0 saturated carbocycles. The van der Waals surface area contributed by atoms with Gasteiger partial charge in [-0.05, 0) is 37.9 Å². The summed E-state index contributed by atoms with van der Waals surface area (Å²) < 4.78 is 3.49. The van der Waals surface area contributed by atoms with Gasteiger partial charge in [-0.15, -0.1) is 0 Å². The van der Waals surface area contributed by atoms with Crippen LogP contribution in [0.3, 0.4) is 0 Å². The fourth-order valence-electron chi connectivity index (χ4n) is 2.73. The number of hydrogen-bond acceptors (Lipinski definition) is 3. The number of nitrogens with two attached hydrogens (primary N) is 1. The van der Waals surface area contributed by atoms with Gasteiger partial charge in [0, 0.05) is 26.1 Å². The fraction of sp³-hybridized carbons (Fsp3) is 0.529. The Morgan fingerprint density at radius 1 is 1.13 bits per heavy atom. The molecule has 1 heterocycles. The van der Waals surface area contributed by atoms with E-state index in [9.17, 15) is 9.59 Å². The first-order chi connectivity index (χ1) is 11.2. The molecule has 1 aromatic heterocycles. The quantitative estimate of drug-likeness (QED) is 0.687. The lowest BCUT2D eigenvalue weighted by atomic mass is 10.3. The molecule has 2 aromatic rings. The van der Waals surface area contributed by atoms with Crippen molar-refractivity contribution in [3.63, 3.8) is 0 Å². The number of hydrogen-bond donors (Lipinski definition) is 2. The van der Waals surface area contributed by atoms with Crippen LogP contribution in [0.15, 0.2) is 29.1 Å². The van der Waals surface area contributed by atoms with Crippen LogP contribution >= 0.6 is 0 Å². The van der Waals surface area contributed by atoms with Gasteiger partial charge < -0.3 is 11.1 Å². The Labute approximate surface area is 136 Å². The molecule has 1 amide bonds. The van der Waals surface area contributed by atoms with Crippen LogP contribution in [0.4, 0.5) is 0 Å². The Kier molecular flexibility index (Phi) is 6.40. The van der Waals surface area contributed by atoms with E-state index in [4.69, 9.17) is 5.73 Å². The molecule has 126 valence electrons. The SMILES string of the molecule is CCCn1c(=O)n(CCC(=O)NCCCCN)c2ccccc21. The average Bonchev–Trinajstić information content (AvgIpc) is 2.82. The molecule has 0 fully saturated rings. The Morgan fingerprint density at radius 3 is 2.39 bits per heavy atom. The second-order valence-electron chi connectivity index (χ2n) is 5.67. The highest BCUT2D eigenvalue weighted by Gasteiger charge is 2.13. The standard InChI is InChI=1S/C17H26N4O2/c1-2-12-20-14-7-3-4-8-15(14)21(17(20)23)13-9-16(22)19-11-6-5-10-18/h3-4,7-8H,2,5-6,9-13,18H2,1H3,(H,19,22). The summed E-state index contributed by atoms with van der Waals surface area (Å²) in [7, 11) is 0. The molecule has 0 atom stereocenters. The number of rotatable bonds is 9. The second-order valence-corrected chi connectivity index (χ2v) is 5.67. The molecule has 6 heteroatoms. The fourth-order valence-corrected chi connectivity index (χ4v) is 2.73. The smallest absolute Gasteiger partial charge is 0.329 e. The minimum absolute atomic E-state index is 0.0266. The maximum absolute atomic E-state index is 12.6. The molecule has 1 aromatic carbocycles. The number of amides is 1. The van der Waals surface area contributed by atoms with Gasteiger partial charge in [-0.1, -0.05) is 19.1 Å². The number of unbranched alkanes of at least 4 members (excludes halogenated alkanes) is 1. The number of nitrogens with one attached hydrogen (secondary N) is 1. The molecule has 2 rings (SSSR count). The summed E-state index contributed by atoms with van der Waals surface area (Å²) in [5.74, 6) is -0.0266. The van der Waals surface area contributed by atoms with Gasteiger partial charge in [-0.2, -0.15) is 0 Å². The number of carbonyl (C=O) groups is 1. The van der Waals surface area contributed by atoms with Crippen molar-refractivity contribution in [2.45, 2.75) is 45.7 Å². The van der Waals surface area contributed by atoms with Crippen LogP contribution in [0.5, 0.6) is 0 Å². The van der Waals surface area contributed by atoms with E-state index in [0.717, 1.165) is 30.3 Å². The Hall–Kier alpha value is -2.08. The topological polar surface area (TPSA) is 82.0 Å². The van der Waals surface area contributed by atoms with Gasteiger partial charge in [-0.25, -0.2) is 4.79 Å². The van der Waals surface area contributed by atoms with Crippen LogP contribution in [-0.2, 0) is 17.9 Å². The first kappa shape index (κ1) is 17.3. The molecule has 0 radical (unpaired) electrons. The summed E-state index contributed by atoms with van der Waals surface area (Å²) >= 11 is 0. The number of nitrogens with zero attached hydrogens (tertiary/aromatic N) is 2. The summed E-state index contributed by atoms with van der Waals surface area (Å²) in [6.07, 6.45) is 3.00. The summed E-state index contributed by atoms with van der Waals surface area (Å²) in [6, 6.07) is 7.74. The van der Waals surface area contributed by atoms with Gasteiger partial charge in [0.05, 0.1) is 11.0 Å². The van der Waals surface area contributed by atoms with Crippen LogP contribution in [0.1, 0.15) is 32.6 Å². The number of aromatic nitrogens is 2. The van der Waals surface area contributed by atoms with Crippen LogP contribution < -0.4 is 16.7 Å². The van der Waals surface area contributed by atoms with Crippen molar-refractivity contribution in [2.75, 3.05) is 13.1 Å². The van der Waals surface area contributed by atoms with Gasteiger partial charge in [0.2, 0.25) is 5.91 Å². The van der Waals surface area contributed by atoms with Gasteiger partial charge in [-0.3, -0.25) is 13.9 Å². The molecule has 23 heavy (non-hydrogen) atoms. The predicted octanol–water partition coefficient (Wildman–Crippen LogP) is 1.46. The van der Waals surface area contributed by atoms with E-state index in [0.29, 0.717) is 32.6 Å². The van der Waals surface area contributed by atoms with Crippen molar-refractivity contribution >= 4 is 16.9 Å². The predicted molar refractivity (Wildman–Crippen MR) is 92.4 cm³/mol. The molecule has 0 aliphatic carbocycles. The van der Waals surface area contributed by atoms with Crippen LogP contribution in [-0.4, -0.2) is 28.1 Å². The number of imidazole rings is 1. The maximum atomic E-state index is 12.6. The first-order valence-corrected chi connectivity index (χ1v) is 8.33. The first-order valence-electron chi connectivity index (χ1n) is 8.33. The zero-order valence-corrected chi connectivity index (χ0v) is 13.8. The summed E-state index contributed by atoms with van der Waals surface area (Å²) in [6.45, 7) is 4.43. The van der Waals surface area contributed by atoms with Crippen LogP contribution in [0.2, 0.25) is 0 Å². The molecule has 6 nitrogen and oxygen atoms in total. The molecule has 0 aliphatic heterocycles. The third-order valence-electron chi connectivity index (χ3n) is 3.89. The van der Waals surface area contributed by atoms with Crippen molar-refractivity contribution in [3.8, 4) is 0 Å². The largest absolute Gasteiger partial charge is 0.356 e. The summed E-state index contributed by atoms with van der Waals surface area (Å²) in [5, 5.41) is 2.87. The average molecular weight is 318 g/mol. The molecular weight excluding hydrogens is 292 g/mol. The van der Waals surface area contributed by atoms with Crippen molar-refractivity contribution in [3.05, 3.63) is 34.7 Å². The number of carbonyl (C=O) groups excluding carboxylic acids is 1. The highest BCUT2D eigenvalue weighted by Crippen LogP contribution is 2.13. The van der Waals surface area contributed by atoms with Crippen molar-refractivity contribution < 1.29 is 4.79 Å². The van der Waals surface area contributed by atoms with E-state index in [-0.39, 0.29) is 11.6 Å². The van der Waals surface area contributed by atoms with E-state index in [2.05, 4.69) is 5.32 Å². The van der Waals surface area contributed by atoms with Crippen LogP contribution in [0.25, 0.3) is 11.0 Å². The minimum Gasteiger partial charge on any atom is -0.356 e. The number of benzene rings is 1. The summed E-state index contributed by atoms with van der Waals surface area (Å²) in [5.41, 5.74) is 7.21. The van der Waals surface area contributed by atoms with Gasteiger partial charge in [0.25, 0.3) is 0 Å². The third-order valence-corrected chi connectivity index (χ3v) is 3.89. The van der Waals surface area contributed by atoms with Crippen molar-refractivity contribution in [1.29, 1.82) is 0 Å². The Morgan fingerprint density at radius 2 is 1.78 bits per heavy atom. The van der Waals surface area contributed by atoms with E-state index in [1.165, 1.54) is 0 Å². The lowest BCUT2D eigenvalue weighted by molar-refractivity contribution is -0.121. The van der Waals surface area contributed by atoms with Gasteiger partial charge >= 0.3 is 5.69 Å². The molecule has 0 bridgehead atoms. The normalized spacial score (nSPS) is 11.0. The zero-order chi connectivity index (χ0) is 16.7. The van der Waals surface area contributed by atoms with Gasteiger partial charge in [0.15, 0.2) is 0 Å². The van der Waals surface area contributed by atoms with E-state index in [1.807, 2.05) is 31.2 Å². The monoisotopic (exact) mass is 318 g/mol. The zero-order valence-electron chi connectivity index (χ0n) is 13.8. The minimum atomic E-state index is -0.0380.